The summed E-state index contributed by atoms with van der Waals surface area (Å²) < 4.78 is 31.7. The van der Waals surface area contributed by atoms with Crippen LogP contribution in [-0.4, -0.2) is 38.0 Å². The third-order valence-electron chi connectivity index (χ3n) is 3.64. The SMILES string of the molecule is CNS(=O)(=O)c1cccc(COC2C=NC(c3ccn[nH]3)=CC2)c1. The van der Waals surface area contributed by atoms with Crippen molar-refractivity contribution in [3.63, 3.8) is 0 Å². The van der Waals surface area contributed by atoms with Crippen LogP contribution in [0.25, 0.3) is 5.70 Å². The van der Waals surface area contributed by atoms with Crippen molar-refractivity contribution in [2.45, 2.75) is 24.0 Å². The Balaban J connectivity index is 1.60. The zero-order chi connectivity index (χ0) is 17.0. The molecule has 0 radical (unpaired) electrons. The number of sulfonamides is 1. The zero-order valence-corrected chi connectivity index (χ0v) is 14.0. The number of nitrogens with zero attached hydrogens (tertiary/aromatic N) is 2. The van der Waals surface area contributed by atoms with Gasteiger partial charge in [-0.3, -0.25) is 10.1 Å². The minimum Gasteiger partial charge on any atom is -0.368 e. The standard InChI is InChI=1S/C16H18N4O3S/c1-17-24(21,22)14-4-2-3-12(9-14)11-23-13-5-6-15(18-10-13)16-7-8-19-20-16/h2-4,6-10,13,17H,5,11H2,1H3,(H,19,20). The maximum absolute atomic E-state index is 11.8. The molecule has 0 amide bonds. The highest BCUT2D eigenvalue weighted by Gasteiger charge is 2.14. The second-order valence-electron chi connectivity index (χ2n) is 5.28. The fourth-order valence-electron chi connectivity index (χ4n) is 2.32. The van der Waals surface area contributed by atoms with Crippen molar-refractivity contribution in [1.29, 1.82) is 0 Å². The van der Waals surface area contributed by atoms with Gasteiger partial charge in [0.15, 0.2) is 0 Å². The number of aromatic amines is 1. The molecule has 2 aromatic rings. The molecule has 1 unspecified atom stereocenters. The van der Waals surface area contributed by atoms with E-state index in [1.54, 1.807) is 30.6 Å². The maximum atomic E-state index is 11.8. The minimum atomic E-state index is -3.45. The first-order valence-corrected chi connectivity index (χ1v) is 8.95. The summed E-state index contributed by atoms with van der Waals surface area (Å²) in [6.45, 7) is 0.316. The van der Waals surface area contributed by atoms with Crippen LogP contribution in [0.4, 0.5) is 0 Å². The van der Waals surface area contributed by atoms with Crippen LogP contribution in [0.2, 0.25) is 0 Å². The molecule has 0 spiro atoms. The molecule has 2 N–H and O–H groups in total. The lowest BCUT2D eigenvalue weighted by Crippen LogP contribution is -2.19. The van der Waals surface area contributed by atoms with Gasteiger partial charge in [-0.25, -0.2) is 13.1 Å². The summed E-state index contributed by atoms with van der Waals surface area (Å²) in [6.07, 6.45) is 5.98. The molecule has 8 heteroatoms. The van der Waals surface area contributed by atoms with Crippen LogP contribution in [0.1, 0.15) is 17.7 Å². The predicted octanol–water partition coefficient (Wildman–Crippen LogP) is 1.72. The topological polar surface area (TPSA) is 96.4 Å². The lowest BCUT2D eigenvalue weighted by atomic mass is 10.1. The summed E-state index contributed by atoms with van der Waals surface area (Å²) in [5.41, 5.74) is 2.51. The molecule has 1 aromatic carbocycles. The zero-order valence-electron chi connectivity index (χ0n) is 13.1. The van der Waals surface area contributed by atoms with Gasteiger partial charge in [0.1, 0.15) is 0 Å². The molecule has 3 rings (SSSR count). The number of H-pyrrole nitrogens is 1. The highest BCUT2D eigenvalue weighted by atomic mass is 32.2. The number of hydrogen-bond donors (Lipinski definition) is 2. The smallest absolute Gasteiger partial charge is 0.240 e. The first-order chi connectivity index (χ1) is 11.6. The first kappa shape index (κ1) is 16.6. The Morgan fingerprint density at radius 1 is 1.38 bits per heavy atom. The van der Waals surface area contributed by atoms with Crippen molar-refractivity contribution >= 4 is 21.9 Å². The highest BCUT2D eigenvalue weighted by Crippen LogP contribution is 2.19. The van der Waals surface area contributed by atoms with Gasteiger partial charge in [-0.2, -0.15) is 5.10 Å². The Kier molecular flexibility index (Phi) is 4.89. The lowest BCUT2D eigenvalue weighted by molar-refractivity contribution is 0.0887. The van der Waals surface area contributed by atoms with Crippen molar-refractivity contribution in [3.8, 4) is 0 Å². The molecule has 1 atom stereocenters. The van der Waals surface area contributed by atoms with E-state index >= 15 is 0 Å². The Labute approximate surface area is 140 Å². The van der Waals surface area contributed by atoms with E-state index < -0.39 is 10.0 Å². The predicted molar refractivity (Wildman–Crippen MR) is 90.9 cm³/mol. The normalized spacial score (nSPS) is 17.7. The molecule has 0 fully saturated rings. The van der Waals surface area contributed by atoms with Gasteiger partial charge in [-0.15, -0.1) is 0 Å². The van der Waals surface area contributed by atoms with E-state index in [-0.39, 0.29) is 11.0 Å². The van der Waals surface area contributed by atoms with Crippen LogP contribution < -0.4 is 4.72 Å². The van der Waals surface area contributed by atoms with Gasteiger partial charge in [0.05, 0.1) is 29.0 Å². The average molecular weight is 346 g/mol. The lowest BCUT2D eigenvalue weighted by Gasteiger charge is -2.16. The van der Waals surface area contributed by atoms with Crippen molar-refractivity contribution in [3.05, 3.63) is 53.9 Å². The van der Waals surface area contributed by atoms with E-state index in [4.69, 9.17) is 4.74 Å². The average Bonchev–Trinajstić information content (AvgIpc) is 3.15. The molecular weight excluding hydrogens is 328 g/mol. The number of hydrogen-bond acceptors (Lipinski definition) is 5. The summed E-state index contributed by atoms with van der Waals surface area (Å²) >= 11 is 0. The number of aliphatic imine (C=N–C) groups is 1. The van der Waals surface area contributed by atoms with Crippen LogP contribution in [0.3, 0.4) is 0 Å². The van der Waals surface area contributed by atoms with Crippen LogP contribution >= 0.6 is 0 Å². The van der Waals surface area contributed by atoms with E-state index in [0.717, 1.165) is 17.0 Å². The van der Waals surface area contributed by atoms with Crippen LogP contribution in [-0.2, 0) is 21.4 Å². The monoisotopic (exact) mass is 346 g/mol. The minimum absolute atomic E-state index is 0.138. The van der Waals surface area contributed by atoms with Gasteiger partial charge >= 0.3 is 0 Å². The van der Waals surface area contributed by atoms with Gasteiger partial charge in [0.2, 0.25) is 10.0 Å². The molecule has 7 nitrogen and oxygen atoms in total. The van der Waals surface area contributed by atoms with Crippen molar-refractivity contribution in [2.75, 3.05) is 7.05 Å². The van der Waals surface area contributed by atoms with Gasteiger partial charge in [-0.05, 0) is 37.2 Å². The molecule has 2 heterocycles. The molecule has 0 saturated heterocycles. The number of nitrogens with one attached hydrogen (secondary N) is 2. The molecule has 0 aliphatic carbocycles. The molecule has 1 aliphatic rings. The summed E-state index contributed by atoms with van der Waals surface area (Å²) in [5.74, 6) is 0. The third kappa shape index (κ3) is 3.78. The Bertz CT molecular complexity index is 857. The van der Waals surface area contributed by atoms with Crippen molar-refractivity contribution < 1.29 is 13.2 Å². The number of benzene rings is 1. The number of ether oxygens (including phenoxy) is 1. The van der Waals surface area contributed by atoms with Gasteiger partial charge in [0, 0.05) is 12.4 Å². The molecule has 1 aliphatic heterocycles. The Morgan fingerprint density at radius 3 is 2.92 bits per heavy atom. The number of aromatic nitrogens is 2. The molecular formula is C16H18N4O3S. The fraction of sp³-hybridized carbons (Fsp3) is 0.250. The van der Waals surface area contributed by atoms with Crippen LogP contribution in [0, 0.1) is 0 Å². The van der Waals surface area contributed by atoms with Gasteiger partial charge in [-0.1, -0.05) is 18.2 Å². The molecule has 0 bridgehead atoms. The van der Waals surface area contributed by atoms with Crippen molar-refractivity contribution in [2.24, 2.45) is 4.99 Å². The van der Waals surface area contributed by atoms with Gasteiger partial charge < -0.3 is 4.74 Å². The molecule has 126 valence electrons. The Hall–Kier alpha value is -2.29. The summed E-state index contributed by atoms with van der Waals surface area (Å²) in [7, 11) is -2.06. The summed E-state index contributed by atoms with van der Waals surface area (Å²) in [6, 6.07) is 8.56. The summed E-state index contributed by atoms with van der Waals surface area (Å²) in [4.78, 5) is 4.60. The highest BCUT2D eigenvalue weighted by molar-refractivity contribution is 7.89. The quantitative estimate of drug-likeness (QED) is 0.832. The first-order valence-electron chi connectivity index (χ1n) is 7.47. The van der Waals surface area contributed by atoms with Gasteiger partial charge in [0.25, 0.3) is 0 Å². The second kappa shape index (κ2) is 7.08. The Morgan fingerprint density at radius 2 is 2.25 bits per heavy atom. The van der Waals surface area contributed by atoms with E-state index in [2.05, 4.69) is 19.9 Å². The van der Waals surface area contributed by atoms with E-state index in [9.17, 15) is 8.42 Å². The largest absolute Gasteiger partial charge is 0.368 e. The molecule has 1 aromatic heterocycles. The van der Waals surface area contributed by atoms with Crippen LogP contribution in [0.5, 0.6) is 0 Å². The third-order valence-corrected chi connectivity index (χ3v) is 5.05. The number of rotatable bonds is 6. The van der Waals surface area contributed by atoms with Crippen molar-refractivity contribution in [1.82, 2.24) is 14.9 Å². The second-order valence-corrected chi connectivity index (χ2v) is 7.16. The van der Waals surface area contributed by atoms with E-state index in [1.807, 2.05) is 18.2 Å². The maximum Gasteiger partial charge on any atom is 0.240 e. The summed E-state index contributed by atoms with van der Waals surface area (Å²) in [5, 5.41) is 6.77. The van der Waals surface area contributed by atoms with E-state index in [0.29, 0.717) is 13.0 Å². The van der Waals surface area contributed by atoms with Crippen LogP contribution in [0.15, 0.2) is 52.5 Å². The fourth-order valence-corrected chi connectivity index (χ4v) is 3.12. The van der Waals surface area contributed by atoms with E-state index in [1.165, 1.54) is 7.05 Å². The molecule has 0 saturated carbocycles. The molecule has 24 heavy (non-hydrogen) atoms.